The zero-order valence-electron chi connectivity index (χ0n) is 8.83. The fourth-order valence-corrected chi connectivity index (χ4v) is 2.83. The van der Waals surface area contributed by atoms with E-state index in [1.807, 2.05) is 6.92 Å². The Hall–Kier alpha value is -1.69. The standard InChI is InChI=1S/C10H10N2O3S/c1-3-5-6-8(13)11-4(2)12-9(6)16-7(5)10(14)15/h3H2,1-2H3,(H,14,15)(H,11,12,13). The molecule has 0 radical (unpaired) electrons. The van der Waals surface area contributed by atoms with Crippen LogP contribution in [-0.2, 0) is 6.42 Å². The van der Waals surface area contributed by atoms with Gasteiger partial charge >= 0.3 is 5.97 Å². The summed E-state index contributed by atoms with van der Waals surface area (Å²) in [4.78, 5) is 30.2. The second-order valence-corrected chi connectivity index (χ2v) is 4.40. The first-order chi connectivity index (χ1) is 7.54. The molecule has 0 unspecified atom stereocenters. The number of aryl methyl sites for hydroxylation is 2. The Labute approximate surface area is 94.8 Å². The van der Waals surface area contributed by atoms with E-state index in [1.54, 1.807) is 6.92 Å². The minimum Gasteiger partial charge on any atom is -0.477 e. The fraction of sp³-hybridized carbons (Fsp3) is 0.300. The lowest BCUT2D eigenvalue weighted by Crippen LogP contribution is -2.10. The van der Waals surface area contributed by atoms with Gasteiger partial charge in [0.05, 0.1) is 5.39 Å². The smallest absolute Gasteiger partial charge is 0.346 e. The maximum Gasteiger partial charge on any atom is 0.346 e. The van der Waals surface area contributed by atoms with Crippen LogP contribution in [0.5, 0.6) is 0 Å². The lowest BCUT2D eigenvalue weighted by molar-refractivity contribution is 0.0701. The molecule has 0 bridgehead atoms. The Kier molecular flexibility index (Phi) is 2.51. The first-order valence-corrected chi connectivity index (χ1v) is 5.61. The minimum absolute atomic E-state index is 0.209. The molecule has 2 rings (SSSR count). The summed E-state index contributed by atoms with van der Waals surface area (Å²) in [6, 6.07) is 0. The van der Waals surface area contributed by atoms with Crippen LogP contribution >= 0.6 is 11.3 Å². The Bertz CT molecular complexity index is 627. The van der Waals surface area contributed by atoms with Gasteiger partial charge in [0, 0.05) is 0 Å². The van der Waals surface area contributed by atoms with Gasteiger partial charge in [-0.2, -0.15) is 0 Å². The van der Waals surface area contributed by atoms with E-state index in [0.717, 1.165) is 11.3 Å². The van der Waals surface area contributed by atoms with E-state index in [9.17, 15) is 9.59 Å². The Morgan fingerprint density at radius 1 is 1.56 bits per heavy atom. The summed E-state index contributed by atoms with van der Waals surface area (Å²) in [5.41, 5.74) is 0.310. The molecule has 0 aromatic carbocycles. The van der Waals surface area contributed by atoms with Crippen molar-refractivity contribution in [3.8, 4) is 0 Å². The van der Waals surface area contributed by atoms with Crippen molar-refractivity contribution in [2.45, 2.75) is 20.3 Å². The number of hydrogen-bond acceptors (Lipinski definition) is 4. The first-order valence-electron chi connectivity index (χ1n) is 4.80. The zero-order valence-corrected chi connectivity index (χ0v) is 9.64. The van der Waals surface area contributed by atoms with Gasteiger partial charge in [-0.25, -0.2) is 9.78 Å². The molecule has 2 heterocycles. The molecule has 0 aliphatic carbocycles. The van der Waals surface area contributed by atoms with Gasteiger partial charge in [0.25, 0.3) is 5.56 Å². The molecule has 0 spiro atoms. The number of aromatic carboxylic acids is 1. The van der Waals surface area contributed by atoms with Crippen molar-refractivity contribution in [2.24, 2.45) is 0 Å². The van der Waals surface area contributed by atoms with Gasteiger partial charge in [-0.05, 0) is 18.9 Å². The normalized spacial score (nSPS) is 10.9. The number of hydrogen-bond donors (Lipinski definition) is 2. The van der Waals surface area contributed by atoms with Crippen LogP contribution in [0.25, 0.3) is 10.2 Å². The number of fused-ring (bicyclic) bond motifs is 1. The number of nitrogens with zero attached hydrogens (tertiary/aromatic N) is 1. The Morgan fingerprint density at radius 2 is 2.25 bits per heavy atom. The predicted molar refractivity (Wildman–Crippen MR) is 61.3 cm³/mol. The van der Waals surface area contributed by atoms with Crippen LogP contribution in [0.4, 0.5) is 0 Å². The number of aromatic amines is 1. The maximum atomic E-state index is 11.7. The largest absolute Gasteiger partial charge is 0.477 e. The number of carbonyl (C=O) groups is 1. The highest BCUT2D eigenvalue weighted by molar-refractivity contribution is 7.20. The molecule has 2 N–H and O–H groups in total. The Balaban J connectivity index is 2.93. The van der Waals surface area contributed by atoms with Gasteiger partial charge in [0.2, 0.25) is 0 Å². The summed E-state index contributed by atoms with van der Waals surface area (Å²) in [6.07, 6.45) is 0.509. The summed E-state index contributed by atoms with van der Waals surface area (Å²) >= 11 is 1.05. The average Bonchev–Trinajstić information content (AvgIpc) is 2.56. The first kappa shape index (κ1) is 10.8. The number of nitrogens with one attached hydrogen (secondary N) is 1. The molecular weight excluding hydrogens is 228 g/mol. The van der Waals surface area contributed by atoms with Gasteiger partial charge in [0.1, 0.15) is 15.5 Å². The van der Waals surface area contributed by atoms with Crippen molar-refractivity contribution in [3.63, 3.8) is 0 Å². The van der Waals surface area contributed by atoms with Crippen molar-refractivity contribution < 1.29 is 9.90 Å². The molecule has 16 heavy (non-hydrogen) atoms. The molecule has 0 atom stereocenters. The van der Waals surface area contributed by atoms with E-state index in [1.165, 1.54) is 0 Å². The molecule has 0 saturated carbocycles. The van der Waals surface area contributed by atoms with E-state index in [2.05, 4.69) is 9.97 Å². The van der Waals surface area contributed by atoms with Gasteiger partial charge < -0.3 is 10.1 Å². The average molecular weight is 238 g/mol. The summed E-state index contributed by atoms with van der Waals surface area (Å²) in [5, 5.41) is 9.44. The predicted octanol–water partition coefficient (Wildman–Crippen LogP) is 1.55. The molecule has 2 aromatic rings. The van der Waals surface area contributed by atoms with Gasteiger partial charge in [-0.3, -0.25) is 4.79 Å². The third kappa shape index (κ3) is 1.51. The quantitative estimate of drug-likeness (QED) is 0.831. The highest BCUT2D eigenvalue weighted by atomic mass is 32.1. The molecule has 2 aromatic heterocycles. The van der Waals surface area contributed by atoms with Crippen LogP contribution in [0.2, 0.25) is 0 Å². The number of carboxylic acids is 1. The summed E-state index contributed by atoms with van der Waals surface area (Å²) in [6.45, 7) is 3.50. The lowest BCUT2D eigenvalue weighted by Gasteiger charge is -1.95. The molecular formula is C10H10N2O3S. The number of thiophene rings is 1. The van der Waals surface area contributed by atoms with Gasteiger partial charge in [-0.15, -0.1) is 11.3 Å². The molecule has 0 amide bonds. The monoisotopic (exact) mass is 238 g/mol. The van der Waals surface area contributed by atoms with Crippen LogP contribution in [0.1, 0.15) is 28.0 Å². The minimum atomic E-state index is -1.00. The summed E-state index contributed by atoms with van der Waals surface area (Å²) in [5.74, 6) is -0.504. The molecule has 5 nitrogen and oxygen atoms in total. The van der Waals surface area contributed by atoms with Crippen molar-refractivity contribution in [2.75, 3.05) is 0 Å². The number of H-pyrrole nitrogens is 1. The van der Waals surface area contributed by atoms with Gasteiger partial charge in [0.15, 0.2) is 0 Å². The third-order valence-corrected chi connectivity index (χ3v) is 3.44. The van der Waals surface area contributed by atoms with E-state index >= 15 is 0 Å². The van der Waals surface area contributed by atoms with E-state index < -0.39 is 5.97 Å². The van der Waals surface area contributed by atoms with E-state index in [0.29, 0.717) is 28.0 Å². The fourth-order valence-electron chi connectivity index (χ4n) is 1.68. The lowest BCUT2D eigenvalue weighted by atomic mass is 10.1. The molecule has 0 aliphatic heterocycles. The molecule has 0 aliphatic rings. The summed E-state index contributed by atoms with van der Waals surface area (Å²) in [7, 11) is 0. The van der Waals surface area contributed by atoms with Gasteiger partial charge in [-0.1, -0.05) is 6.92 Å². The number of carboxylic acid groups (broad SMARTS) is 1. The number of aromatic nitrogens is 2. The van der Waals surface area contributed by atoms with Crippen LogP contribution in [0, 0.1) is 6.92 Å². The van der Waals surface area contributed by atoms with Crippen molar-refractivity contribution in [1.29, 1.82) is 0 Å². The maximum absolute atomic E-state index is 11.7. The SMILES string of the molecule is CCc1c(C(=O)O)sc2nc(C)[nH]c(=O)c12. The highest BCUT2D eigenvalue weighted by Gasteiger charge is 2.19. The summed E-state index contributed by atoms with van der Waals surface area (Å²) < 4.78 is 0. The third-order valence-electron chi connectivity index (χ3n) is 2.33. The molecule has 0 fully saturated rings. The second-order valence-electron chi connectivity index (χ2n) is 3.40. The van der Waals surface area contributed by atoms with Crippen molar-refractivity contribution >= 4 is 27.5 Å². The van der Waals surface area contributed by atoms with Crippen LogP contribution < -0.4 is 5.56 Å². The van der Waals surface area contributed by atoms with Crippen molar-refractivity contribution in [1.82, 2.24) is 9.97 Å². The van der Waals surface area contributed by atoms with Crippen LogP contribution in [-0.4, -0.2) is 21.0 Å². The van der Waals surface area contributed by atoms with Crippen LogP contribution in [0.3, 0.4) is 0 Å². The van der Waals surface area contributed by atoms with E-state index in [-0.39, 0.29) is 10.4 Å². The second kappa shape index (κ2) is 3.71. The topological polar surface area (TPSA) is 83.0 Å². The zero-order chi connectivity index (χ0) is 11.9. The highest BCUT2D eigenvalue weighted by Crippen LogP contribution is 2.27. The number of rotatable bonds is 2. The van der Waals surface area contributed by atoms with Crippen LogP contribution in [0.15, 0.2) is 4.79 Å². The molecule has 0 saturated heterocycles. The van der Waals surface area contributed by atoms with E-state index in [4.69, 9.17) is 5.11 Å². The molecule has 84 valence electrons. The Morgan fingerprint density at radius 3 is 2.81 bits per heavy atom. The molecule has 6 heteroatoms. The van der Waals surface area contributed by atoms with Crippen molar-refractivity contribution in [3.05, 3.63) is 26.6 Å².